The molecular weight excluding hydrogens is 220 g/mol. The van der Waals surface area contributed by atoms with Crippen LogP contribution in [0.5, 0.6) is 0 Å². The zero-order valence-electron chi connectivity index (χ0n) is 8.76. The van der Waals surface area contributed by atoms with E-state index in [9.17, 15) is 9.59 Å². The van der Waals surface area contributed by atoms with Gasteiger partial charge in [-0.25, -0.2) is 0 Å². The fourth-order valence-corrected chi connectivity index (χ4v) is 0.631. The molecule has 0 aliphatic heterocycles. The lowest BCUT2D eigenvalue weighted by molar-refractivity contribution is -0.139. The van der Waals surface area contributed by atoms with Crippen molar-refractivity contribution in [1.82, 2.24) is 5.48 Å². The molecule has 0 bridgehead atoms. The van der Waals surface area contributed by atoms with E-state index >= 15 is 0 Å². The van der Waals surface area contributed by atoms with E-state index in [2.05, 4.69) is 14.6 Å². The van der Waals surface area contributed by atoms with Crippen molar-refractivity contribution in [2.45, 2.75) is 13.8 Å². The number of ether oxygens (including phenoxy) is 2. The van der Waals surface area contributed by atoms with E-state index < -0.39 is 11.9 Å². The highest BCUT2D eigenvalue weighted by Gasteiger charge is 2.10. The summed E-state index contributed by atoms with van der Waals surface area (Å²) >= 11 is 0. The first-order valence-electron chi connectivity index (χ1n) is 4.13. The zero-order chi connectivity index (χ0) is 12.6. The van der Waals surface area contributed by atoms with Crippen molar-refractivity contribution < 1.29 is 29.5 Å². The quantitative estimate of drug-likeness (QED) is 0.197. The Hall–Kier alpha value is -2.09. The van der Waals surface area contributed by atoms with Crippen LogP contribution in [0.25, 0.3) is 0 Å². The van der Waals surface area contributed by atoms with Crippen LogP contribution in [0.4, 0.5) is 0 Å². The van der Waals surface area contributed by atoms with Crippen LogP contribution in [-0.2, 0) is 19.1 Å². The molecular formula is C8H12N2O6. The monoisotopic (exact) mass is 232 g/mol. The van der Waals surface area contributed by atoms with E-state index in [4.69, 9.17) is 10.4 Å². The third-order valence-electron chi connectivity index (χ3n) is 1.31. The highest BCUT2D eigenvalue weighted by Crippen LogP contribution is 1.96. The van der Waals surface area contributed by atoms with Gasteiger partial charge in [-0.15, -0.1) is 0 Å². The summed E-state index contributed by atoms with van der Waals surface area (Å²) in [6.45, 7) is 1.93. The summed E-state index contributed by atoms with van der Waals surface area (Å²) in [5, 5.41) is 20.0. The predicted octanol–water partition coefficient (Wildman–Crippen LogP) is -0.237. The number of nitrogens with one attached hydrogen (secondary N) is 1. The first-order chi connectivity index (χ1) is 7.51. The summed E-state index contributed by atoms with van der Waals surface area (Å²) in [5.74, 6) is -1.22. The minimum atomic E-state index is -0.627. The van der Waals surface area contributed by atoms with E-state index in [-0.39, 0.29) is 18.0 Å². The normalized spacial score (nSPS) is 11.9. The van der Waals surface area contributed by atoms with Crippen molar-refractivity contribution in [3.05, 3.63) is 12.0 Å². The number of oxime groups is 1. The van der Waals surface area contributed by atoms with Crippen LogP contribution in [0.3, 0.4) is 0 Å². The van der Waals surface area contributed by atoms with Crippen molar-refractivity contribution in [2.24, 2.45) is 5.16 Å². The van der Waals surface area contributed by atoms with Crippen LogP contribution >= 0.6 is 0 Å². The van der Waals surface area contributed by atoms with Crippen molar-refractivity contribution in [3.63, 3.8) is 0 Å². The predicted molar refractivity (Wildman–Crippen MR) is 50.6 cm³/mol. The number of rotatable bonds is 5. The van der Waals surface area contributed by atoms with Gasteiger partial charge in [-0.2, -0.15) is 0 Å². The Bertz CT molecular complexity index is 322. The molecule has 0 aliphatic rings. The molecule has 0 aromatic carbocycles. The van der Waals surface area contributed by atoms with Crippen molar-refractivity contribution >= 4 is 17.7 Å². The Morgan fingerprint density at radius 1 is 1.38 bits per heavy atom. The second-order valence-electron chi connectivity index (χ2n) is 2.58. The highest BCUT2D eigenvalue weighted by atomic mass is 16.5. The van der Waals surface area contributed by atoms with Gasteiger partial charge in [0.05, 0.1) is 0 Å². The van der Waals surface area contributed by atoms with Crippen LogP contribution < -0.4 is 5.48 Å². The Kier molecular flexibility index (Phi) is 6.29. The fraction of sp³-hybridized carbons (Fsp3) is 0.375. The summed E-state index contributed by atoms with van der Waals surface area (Å²) < 4.78 is 8.95. The van der Waals surface area contributed by atoms with Gasteiger partial charge in [-0.3, -0.25) is 20.3 Å². The summed E-state index contributed by atoms with van der Waals surface area (Å²) in [6.07, 6.45) is 0.820. The second-order valence-corrected chi connectivity index (χ2v) is 2.58. The van der Waals surface area contributed by atoms with Crippen LogP contribution in [0.15, 0.2) is 17.1 Å². The third-order valence-corrected chi connectivity index (χ3v) is 1.31. The van der Waals surface area contributed by atoms with E-state index in [1.54, 1.807) is 5.48 Å². The first-order valence-corrected chi connectivity index (χ1v) is 4.13. The smallest absolute Gasteiger partial charge is 0.307 e. The molecule has 0 aliphatic carbocycles. The lowest BCUT2D eigenvalue weighted by atomic mass is 10.3. The Labute approximate surface area is 91.1 Å². The topological polar surface area (TPSA) is 117 Å². The van der Waals surface area contributed by atoms with Crippen LogP contribution in [0.2, 0.25) is 0 Å². The lowest BCUT2D eigenvalue weighted by Crippen LogP contribution is -2.23. The molecule has 0 aromatic heterocycles. The van der Waals surface area contributed by atoms with Gasteiger partial charge in [0.1, 0.15) is 24.3 Å². The molecule has 8 heteroatoms. The molecule has 0 amide bonds. The average Bonchev–Trinajstić information content (AvgIpc) is 2.22. The van der Waals surface area contributed by atoms with Gasteiger partial charge >= 0.3 is 11.9 Å². The molecule has 0 rings (SSSR count). The van der Waals surface area contributed by atoms with Crippen molar-refractivity contribution in [2.75, 3.05) is 6.61 Å². The Balaban J connectivity index is 4.57. The second kappa shape index (κ2) is 7.23. The average molecular weight is 232 g/mol. The molecule has 3 N–H and O–H groups in total. The van der Waals surface area contributed by atoms with E-state index in [1.807, 2.05) is 0 Å². The van der Waals surface area contributed by atoms with Crippen LogP contribution in [0, 0.1) is 0 Å². The molecule has 16 heavy (non-hydrogen) atoms. The molecule has 0 unspecified atom stereocenters. The van der Waals surface area contributed by atoms with Crippen LogP contribution in [0.1, 0.15) is 13.8 Å². The molecule has 0 saturated carbocycles. The van der Waals surface area contributed by atoms with Crippen LogP contribution in [-0.4, -0.2) is 34.7 Å². The number of esters is 2. The molecule has 8 nitrogen and oxygen atoms in total. The number of hydrogen-bond acceptors (Lipinski definition) is 8. The summed E-state index contributed by atoms with van der Waals surface area (Å²) in [4.78, 5) is 21.0. The summed E-state index contributed by atoms with van der Waals surface area (Å²) in [6, 6.07) is 0. The minimum absolute atomic E-state index is 0.209. The molecule has 0 radical (unpaired) electrons. The van der Waals surface area contributed by atoms with Gasteiger partial charge in [0.25, 0.3) is 0 Å². The van der Waals surface area contributed by atoms with Crippen molar-refractivity contribution in [1.29, 1.82) is 0 Å². The Morgan fingerprint density at radius 2 is 2.00 bits per heavy atom. The molecule has 0 heterocycles. The van der Waals surface area contributed by atoms with Gasteiger partial charge in [-0.05, 0) is 0 Å². The van der Waals surface area contributed by atoms with Gasteiger partial charge in [0, 0.05) is 13.8 Å². The molecule has 0 fully saturated rings. The number of hydroxylamine groups is 1. The molecule has 0 aromatic rings. The van der Waals surface area contributed by atoms with E-state index in [0.717, 1.165) is 20.1 Å². The fourth-order valence-electron chi connectivity index (χ4n) is 0.631. The van der Waals surface area contributed by atoms with Crippen molar-refractivity contribution in [3.8, 4) is 0 Å². The standard InChI is InChI=1S/C8H12N2O6/c1-5(11)15-3-7(9-13)8(10-14)4-16-6(2)12/h3,9,13-14H,4H2,1-2H3/b7-3-,10-8?. The number of hydrogen-bond donors (Lipinski definition) is 3. The lowest BCUT2D eigenvalue weighted by Gasteiger charge is -2.07. The summed E-state index contributed by atoms with van der Waals surface area (Å²) in [5.41, 5.74) is 1.22. The maximum atomic E-state index is 10.5. The maximum Gasteiger partial charge on any atom is 0.307 e. The van der Waals surface area contributed by atoms with Gasteiger partial charge in [0.2, 0.25) is 0 Å². The van der Waals surface area contributed by atoms with Gasteiger partial charge in [-0.1, -0.05) is 5.16 Å². The van der Waals surface area contributed by atoms with E-state index in [1.165, 1.54) is 0 Å². The van der Waals surface area contributed by atoms with Gasteiger partial charge < -0.3 is 14.7 Å². The maximum absolute atomic E-state index is 10.5. The first kappa shape index (κ1) is 13.9. The third kappa shape index (κ3) is 5.60. The zero-order valence-corrected chi connectivity index (χ0v) is 8.76. The Morgan fingerprint density at radius 3 is 2.38 bits per heavy atom. The minimum Gasteiger partial charge on any atom is -0.459 e. The summed E-state index contributed by atoms with van der Waals surface area (Å²) in [7, 11) is 0. The largest absolute Gasteiger partial charge is 0.459 e. The number of nitrogens with zero attached hydrogens (tertiary/aromatic N) is 1. The van der Waals surface area contributed by atoms with Gasteiger partial charge in [0.15, 0.2) is 0 Å². The molecule has 0 atom stereocenters. The molecule has 0 saturated heterocycles. The van der Waals surface area contributed by atoms with E-state index in [0.29, 0.717) is 0 Å². The number of carbonyl (C=O) groups is 2. The molecule has 0 spiro atoms. The number of carbonyl (C=O) groups excluding carboxylic acids is 2. The highest BCUT2D eigenvalue weighted by molar-refractivity contribution is 6.00. The SMILES string of the molecule is CC(=O)O/C=C(\NO)C(COC(C)=O)=NO. The molecule has 90 valence electrons.